The molecule has 0 spiro atoms. The predicted molar refractivity (Wildman–Crippen MR) is 96.5 cm³/mol. The maximum atomic E-state index is 13.9. The van der Waals surface area contributed by atoms with Crippen molar-refractivity contribution in [1.82, 2.24) is 9.97 Å². The molecule has 2 aromatic carbocycles. The molecule has 1 aromatic heterocycles. The summed E-state index contributed by atoms with van der Waals surface area (Å²) in [5, 5.41) is 3.69. The van der Waals surface area contributed by atoms with Crippen LogP contribution >= 0.6 is 23.2 Å². The predicted octanol–water partition coefficient (Wildman–Crippen LogP) is 5.25. The summed E-state index contributed by atoms with van der Waals surface area (Å²) < 4.78 is 33.0. The van der Waals surface area contributed by atoms with Crippen LogP contribution in [0.3, 0.4) is 0 Å². The maximum Gasteiger partial charge on any atom is 0.318 e. The average Bonchev–Trinajstić information content (AvgIpc) is 2.60. The highest BCUT2D eigenvalue weighted by Crippen LogP contribution is 2.21. The van der Waals surface area contributed by atoms with Gasteiger partial charge in [0.25, 0.3) is 0 Å². The lowest BCUT2D eigenvalue weighted by Gasteiger charge is -2.10. The van der Waals surface area contributed by atoms with Crippen LogP contribution in [-0.4, -0.2) is 9.97 Å². The summed E-state index contributed by atoms with van der Waals surface area (Å²) in [5.74, 6) is -1.13. The first kappa shape index (κ1) is 18.4. The van der Waals surface area contributed by atoms with E-state index in [2.05, 4.69) is 15.3 Å². The summed E-state index contributed by atoms with van der Waals surface area (Å²) in [6.07, 6.45) is 0.983. The maximum absolute atomic E-state index is 13.9. The Morgan fingerprint density at radius 3 is 2.46 bits per heavy atom. The van der Waals surface area contributed by atoms with Crippen molar-refractivity contribution in [2.24, 2.45) is 0 Å². The molecule has 0 saturated heterocycles. The molecule has 0 aliphatic heterocycles. The number of nitrogens with zero attached hydrogens (tertiary/aromatic N) is 2. The van der Waals surface area contributed by atoms with Crippen molar-refractivity contribution in [2.45, 2.75) is 13.2 Å². The summed E-state index contributed by atoms with van der Waals surface area (Å²) in [6, 6.07) is 11.2. The average molecular weight is 396 g/mol. The van der Waals surface area contributed by atoms with Gasteiger partial charge in [0.2, 0.25) is 0 Å². The highest BCUT2D eigenvalue weighted by Gasteiger charge is 2.10. The Morgan fingerprint density at radius 1 is 1.00 bits per heavy atom. The van der Waals surface area contributed by atoms with Crippen LogP contribution in [-0.2, 0) is 13.2 Å². The molecule has 0 fully saturated rings. The molecule has 0 aliphatic carbocycles. The van der Waals surface area contributed by atoms with Gasteiger partial charge in [0, 0.05) is 22.2 Å². The molecule has 3 aromatic rings. The smallest absolute Gasteiger partial charge is 0.318 e. The van der Waals surface area contributed by atoms with E-state index in [9.17, 15) is 8.78 Å². The third-order valence-corrected chi connectivity index (χ3v) is 3.85. The normalized spacial score (nSPS) is 10.6. The number of hydrogen-bond donors (Lipinski definition) is 1. The number of rotatable bonds is 6. The van der Waals surface area contributed by atoms with Crippen LogP contribution in [0.5, 0.6) is 6.01 Å². The van der Waals surface area contributed by atoms with Gasteiger partial charge in [-0.3, -0.25) is 0 Å². The van der Waals surface area contributed by atoms with E-state index in [1.807, 2.05) is 0 Å². The van der Waals surface area contributed by atoms with E-state index in [4.69, 9.17) is 27.9 Å². The van der Waals surface area contributed by atoms with Gasteiger partial charge in [0.1, 0.15) is 12.4 Å². The van der Waals surface area contributed by atoms with Crippen LogP contribution in [0.1, 0.15) is 11.1 Å². The number of hydrogen-bond acceptors (Lipinski definition) is 4. The van der Waals surface area contributed by atoms with Crippen LogP contribution in [0.25, 0.3) is 0 Å². The summed E-state index contributed by atoms with van der Waals surface area (Å²) in [5.41, 5.74) is 1.11. The number of aromatic nitrogens is 2. The Bertz CT molecular complexity index is 904. The summed E-state index contributed by atoms with van der Waals surface area (Å²) in [4.78, 5) is 7.75. The lowest BCUT2D eigenvalue weighted by Crippen LogP contribution is -2.08. The van der Waals surface area contributed by atoms with Crippen molar-refractivity contribution in [3.05, 3.63) is 81.5 Å². The lowest BCUT2D eigenvalue weighted by atomic mass is 10.2. The fraction of sp³-hybridized carbons (Fsp3) is 0.111. The monoisotopic (exact) mass is 395 g/mol. The third-order valence-electron chi connectivity index (χ3n) is 3.42. The fourth-order valence-corrected chi connectivity index (χ4v) is 2.78. The molecule has 8 heteroatoms. The minimum Gasteiger partial charge on any atom is -0.459 e. The van der Waals surface area contributed by atoms with Crippen LogP contribution in [0, 0.1) is 11.6 Å². The van der Waals surface area contributed by atoms with Gasteiger partial charge in [-0.25, -0.2) is 13.8 Å². The van der Waals surface area contributed by atoms with Crippen molar-refractivity contribution in [2.75, 3.05) is 5.32 Å². The molecule has 0 amide bonds. The Balaban J connectivity index is 1.68. The van der Waals surface area contributed by atoms with Crippen molar-refractivity contribution in [1.29, 1.82) is 0 Å². The number of halogens is 4. The number of nitrogens with one attached hydrogen (secondary N) is 1. The summed E-state index contributed by atoms with van der Waals surface area (Å²) in [7, 11) is 0. The highest BCUT2D eigenvalue weighted by molar-refractivity contribution is 6.34. The van der Waals surface area contributed by atoms with Crippen molar-refractivity contribution in [3.8, 4) is 6.01 Å². The zero-order valence-corrected chi connectivity index (χ0v) is 14.9. The molecule has 0 saturated carbocycles. The van der Waals surface area contributed by atoms with Crippen LogP contribution in [0.15, 0.2) is 48.7 Å². The molecule has 0 radical (unpaired) electrons. The topological polar surface area (TPSA) is 47.0 Å². The van der Waals surface area contributed by atoms with Gasteiger partial charge in [-0.05, 0) is 29.8 Å². The molecule has 4 nitrogen and oxygen atoms in total. The Kier molecular flexibility index (Phi) is 5.85. The molecule has 0 atom stereocenters. The zero-order valence-electron chi connectivity index (χ0n) is 13.3. The summed E-state index contributed by atoms with van der Waals surface area (Å²) in [6.45, 7) is 0.183. The molecule has 0 unspecified atom stereocenters. The molecule has 1 N–H and O–H groups in total. The van der Waals surface area contributed by atoms with Gasteiger partial charge in [-0.1, -0.05) is 41.4 Å². The van der Waals surface area contributed by atoms with Crippen LogP contribution < -0.4 is 10.1 Å². The molecule has 3 rings (SSSR count). The molecular weight excluding hydrogens is 383 g/mol. The van der Waals surface area contributed by atoms with Gasteiger partial charge in [-0.2, -0.15) is 4.98 Å². The quantitative estimate of drug-likeness (QED) is 0.618. The largest absolute Gasteiger partial charge is 0.459 e. The van der Waals surface area contributed by atoms with Crippen LogP contribution in [0.2, 0.25) is 10.0 Å². The number of benzene rings is 2. The number of anilines is 1. The van der Waals surface area contributed by atoms with E-state index in [1.54, 1.807) is 36.4 Å². The second-order valence-electron chi connectivity index (χ2n) is 5.36. The van der Waals surface area contributed by atoms with Crippen molar-refractivity contribution in [3.63, 3.8) is 0 Å². The van der Waals surface area contributed by atoms with E-state index in [1.165, 1.54) is 6.07 Å². The number of ether oxygens (including phenoxy) is 1. The molecule has 0 aliphatic rings. The van der Waals surface area contributed by atoms with Gasteiger partial charge < -0.3 is 10.1 Å². The SMILES string of the molecule is Fc1ccccc1CNc1nc(OCc2cc(Cl)cc(Cl)c2)ncc1F. The van der Waals surface area contributed by atoms with Gasteiger partial charge >= 0.3 is 6.01 Å². The van der Waals surface area contributed by atoms with E-state index >= 15 is 0 Å². The minimum atomic E-state index is -0.667. The molecule has 1 heterocycles. The second kappa shape index (κ2) is 8.29. The van der Waals surface area contributed by atoms with Crippen molar-refractivity contribution >= 4 is 29.0 Å². The zero-order chi connectivity index (χ0) is 18.5. The molecule has 134 valence electrons. The van der Waals surface area contributed by atoms with E-state index in [0.29, 0.717) is 15.6 Å². The fourth-order valence-electron chi connectivity index (χ4n) is 2.21. The van der Waals surface area contributed by atoms with Crippen LogP contribution in [0.4, 0.5) is 14.6 Å². The first-order valence-corrected chi connectivity index (χ1v) is 8.34. The van der Waals surface area contributed by atoms with E-state index in [0.717, 1.165) is 11.8 Å². The van der Waals surface area contributed by atoms with E-state index < -0.39 is 5.82 Å². The minimum absolute atomic E-state index is 0.0291. The highest BCUT2D eigenvalue weighted by atomic mass is 35.5. The van der Waals surface area contributed by atoms with Gasteiger partial charge in [0.15, 0.2) is 11.6 Å². The van der Waals surface area contributed by atoms with E-state index in [-0.39, 0.29) is 30.8 Å². The third kappa shape index (κ3) is 4.80. The second-order valence-corrected chi connectivity index (χ2v) is 6.23. The van der Waals surface area contributed by atoms with Gasteiger partial charge in [-0.15, -0.1) is 0 Å². The van der Waals surface area contributed by atoms with Crippen molar-refractivity contribution < 1.29 is 13.5 Å². The Morgan fingerprint density at radius 2 is 1.73 bits per heavy atom. The Hall–Kier alpha value is -2.44. The first-order chi connectivity index (χ1) is 12.5. The molecule has 0 bridgehead atoms. The lowest BCUT2D eigenvalue weighted by molar-refractivity contribution is 0.280. The molecular formula is C18H13Cl2F2N3O. The molecule has 26 heavy (non-hydrogen) atoms. The first-order valence-electron chi connectivity index (χ1n) is 7.59. The van der Waals surface area contributed by atoms with Gasteiger partial charge in [0.05, 0.1) is 6.20 Å². The standard InChI is InChI=1S/C18H13Cl2F2N3O/c19-13-5-11(6-14(20)7-13)10-26-18-24-9-16(22)17(25-18)23-8-12-3-1-2-4-15(12)21/h1-7,9H,8,10H2,(H,23,24,25). The Labute approximate surface area is 158 Å². The summed E-state index contributed by atoms with van der Waals surface area (Å²) >= 11 is 11.9.